The maximum absolute atomic E-state index is 10.9. The van der Waals surface area contributed by atoms with Crippen molar-refractivity contribution in [1.29, 1.82) is 0 Å². The Bertz CT molecular complexity index is 585. The number of nitrogens with zero attached hydrogens (tertiary/aromatic N) is 2. The lowest BCUT2D eigenvalue weighted by Crippen LogP contribution is -2.04. The summed E-state index contributed by atoms with van der Waals surface area (Å²) in [5.41, 5.74) is 2.75. The Morgan fingerprint density at radius 1 is 1.50 bits per heavy atom. The van der Waals surface area contributed by atoms with Gasteiger partial charge in [-0.2, -0.15) is 11.3 Å². The van der Waals surface area contributed by atoms with Crippen LogP contribution in [0.5, 0.6) is 0 Å². The molecule has 1 N–H and O–H groups in total. The van der Waals surface area contributed by atoms with Crippen molar-refractivity contribution < 1.29 is 4.92 Å². The number of nitro groups is 1. The number of anilines is 1. The molecule has 0 aromatic carbocycles. The molecule has 2 aromatic heterocycles. The minimum Gasteiger partial charge on any atom is -0.374 e. The molecule has 2 aromatic rings. The smallest absolute Gasteiger partial charge is 0.311 e. The monoisotopic (exact) mass is 327 g/mol. The highest BCUT2D eigenvalue weighted by Crippen LogP contribution is 2.31. The summed E-state index contributed by atoms with van der Waals surface area (Å²) in [7, 11) is 0. The molecule has 7 heteroatoms. The zero-order valence-electron chi connectivity index (χ0n) is 9.51. The van der Waals surface area contributed by atoms with E-state index in [0.717, 1.165) is 5.56 Å². The van der Waals surface area contributed by atoms with E-state index in [4.69, 9.17) is 0 Å². The van der Waals surface area contributed by atoms with Gasteiger partial charge < -0.3 is 5.32 Å². The molecule has 0 saturated carbocycles. The highest BCUT2D eigenvalue weighted by atomic mass is 79.9. The molecule has 0 radical (unpaired) electrons. The molecule has 0 unspecified atom stereocenters. The molecule has 0 atom stereocenters. The Morgan fingerprint density at radius 3 is 2.89 bits per heavy atom. The van der Waals surface area contributed by atoms with E-state index >= 15 is 0 Å². The van der Waals surface area contributed by atoms with Crippen LogP contribution in [0.3, 0.4) is 0 Å². The van der Waals surface area contributed by atoms with Gasteiger partial charge in [0.2, 0.25) is 0 Å². The van der Waals surface area contributed by atoms with Gasteiger partial charge in [-0.15, -0.1) is 0 Å². The fourth-order valence-corrected chi connectivity index (χ4v) is 2.81. The quantitative estimate of drug-likeness (QED) is 0.686. The predicted octanol–water partition coefficient (Wildman–Crippen LogP) is 3.73. The normalized spacial score (nSPS) is 10.3. The van der Waals surface area contributed by atoms with Crippen LogP contribution < -0.4 is 5.32 Å². The van der Waals surface area contributed by atoms with Crippen molar-refractivity contribution >= 4 is 38.6 Å². The second kappa shape index (κ2) is 5.45. The number of aromatic nitrogens is 1. The SMILES string of the molecule is Cc1cscc1CNc1c(Br)cncc1[N+](=O)[O-]. The number of aryl methyl sites for hydroxylation is 1. The van der Waals surface area contributed by atoms with Gasteiger partial charge in [0.25, 0.3) is 0 Å². The lowest BCUT2D eigenvalue weighted by Gasteiger charge is -2.08. The van der Waals surface area contributed by atoms with Gasteiger partial charge in [-0.25, -0.2) is 0 Å². The van der Waals surface area contributed by atoms with E-state index in [1.807, 2.05) is 17.7 Å². The molecule has 5 nitrogen and oxygen atoms in total. The second-order valence-corrected chi connectivity index (χ2v) is 5.30. The molecular formula is C11H10BrN3O2S. The largest absolute Gasteiger partial charge is 0.374 e. The summed E-state index contributed by atoms with van der Waals surface area (Å²) < 4.78 is 0.588. The summed E-state index contributed by atoms with van der Waals surface area (Å²) in [4.78, 5) is 14.3. The number of nitrogens with one attached hydrogen (secondary N) is 1. The third-order valence-electron chi connectivity index (χ3n) is 2.49. The zero-order valence-corrected chi connectivity index (χ0v) is 11.9. The fraction of sp³-hybridized carbons (Fsp3) is 0.182. The van der Waals surface area contributed by atoms with E-state index in [1.165, 1.54) is 18.0 Å². The molecule has 94 valence electrons. The van der Waals surface area contributed by atoms with Gasteiger partial charge >= 0.3 is 5.69 Å². The lowest BCUT2D eigenvalue weighted by molar-refractivity contribution is -0.384. The highest BCUT2D eigenvalue weighted by molar-refractivity contribution is 9.10. The summed E-state index contributed by atoms with van der Waals surface area (Å²) in [6.07, 6.45) is 2.78. The van der Waals surface area contributed by atoms with E-state index in [2.05, 4.69) is 26.2 Å². The maximum Gasteiger partial charge on any atom is 0.311 e. The van der Waals surface area contributed by atoms with Crippen molar-refractivity contribution in [3.8, 4) is 0 Å². The number of hydrogen-bond acceptors (Lipinski definition) is 5. The molecule has 0 saturated heterocycles. The summed E-state index contributed by atoms with van der Waals surface area (Å²) in [6, 6.07) is 0. The van der Waals surface area contributed by atoms with Crippen LogP contribution in [0.2, 0.25) is 0 Å². The van der Waals surface area contributed by atoms with Crippen molar-refractivity contribution in [1.82, 2.24) is 4.98 Å². The molecule has 2 heterocycles. The number of pyridine rings is 1. The molecule has 0 aliphatic rings. The third kappa shape index (κ3) is 2.68. The van der Waals surface area contributed by atoms with Crippen LogP contribution in [0.1, 0.15) is 11.1 Å². The first-order valence-electron chi connectivity index (χ1n) is 5.13. The van der Waals surface area contributed by atoms with Gasteiger partial charge in [0.05, 0.1) is 9.40 Å². The van der Waals surface area contributed by atoms with Gasteiger partial charge in [-0.05, 0) is 44.7 Å². The first kappa shape index (κ1) is 13.0. The average Bonchev–Trinajstić information content (AvgIpc) is 2.73. The first-order chi connectivity index (χ1) is 8.59. The van der Waals surface area contributed by atoms with Gasteiger partial charge in [-0.1, -0.05) is 0 Å². The van der Waals surface area contributed by atoms with Crippen molar-refractivity contribution in [2.75, 3.05) is 5.32 Å². The topological polar surface area (TPSA) is 68.1 Å². The van der Waals surface area contributed by atoms with E-state index in [0.29, 0.717) is 16.7 Å². The van der Waals surface area contributed by atoms with Gasteiger partial charge in [0.1, 0.15) is 11.9 Å². The van der Waals surface area contributed by atoms with Crippen molar-refractivity contribution in [3.05, 3.63) is 48.9 Å². The van der Waals surface area contributed by atoms with Gasteiger partial charge in [0.15, 0.2) is 0 Å². The molecule has 0 spiro atoms. The van der Waals surface area contributed by atoms with Crippen molar-refractivity contribution in [3.63, 3.8) is 0 Å². The Balaban J connectivity index is 2.24. The van der Waals surface area contributed by atoms with Crippen molar-refractivity contribution in [2.24, 2.45) is 0 Å². The molecule has 18 heavy (non-hydrogen) atoms. The van der Waals surface area contributed by atoms with Gasteiger partial charge in [0, 0.05) is 12.7 Å². The van der Waals surface area contributed by atoms with Crippen LogP contribution in [0, 0.1) is 17.0 Å². The van der Waals surface area contributed by atoms with E-state index in [9.17, 15) is 10.1 Å². The maximum atomic E-state index is 10.9. The van der Waals surface area contributed by atoms with Crippen molar-refractivity contribution in [2.45, 2.75) is 13.5 Å². The lowest BCUT2D eigenvalue weighted by atomic mass is 10.2. The second-order valence-electron chi connectivity index (χ2n) is 3.71. The van der Waals surface area contributed by atoms with Crippen LogP contribution in [0.4, 0.5) is 11.4 Å². The Labute approximate surface area is 116 Å². The number of thiophene rings is 1. The average molecular weight is 328 g/mol. The number of rotatable bonds is 4. The van der Waals surface area contributed by atoms with Crippen LogP contribution >= 0.6 is 27.3 Å². The zero-order chi connectivity index (χ0) is 13.1. The first-order valence-corrected chi connectivity index (χ1v) is 6.86. The summed E-state index contributed by atoms with van der Waals surface area (Å²) in [5.74, 6) is 0. The molecule has 0 amide bonds. The van der Waals surface area contributed by atoms with Crippen LogP contribution in [0.25, 0.3) is 0 Å². The van der Waals surface area contributed by atoms with E-state index in [-0.39, 0.29) is 5.69 Å². The Kier molecular flexibility index (Phi) is 3.93. The van der Waals surface area contributed by atoms with Crippen LogP contribution in [0.15, 0.2) is 27.6 Å². The van der Waals surface area contributed by atoms with Gasteiger partial charge in [-0.3, -0.25) is 15.1 Å². The fourth-order valence-electron chi connectivity index (χ4n) is 1.49. The standard InChI is InChI=1S/C11H10BrN3O2S/c1-7-5-18-6-8(7)2-14-11-9(12)3-13-4-10(11)15(16)17/h3-6H,2H2,1H3,(H,13,14). The number of hydrogen-bond donors (Lipinski definition) is 1. The molecule has 0 fully saturated rings. The predicted molar refractivity (Wildman–Crippen MR) is 75.0 cm³/mol. The summed E-state index contributed by atoms with van der Waals surface area (Å²) >= 11 is 4.89. The van der Waals surface area contributed by atoms with E-state index in [1.54, 1.807) is 11.3 Å². The minimum atomic E-state index is -0.444. The Hall–Kier alpha value is -1.47. The molecule has 0 aliphatic carbocycles. The summed E-state index contributed by atoms with van der Waals surface area (Å²) in [6.45, 7) is 2.57. The molecular weight excluding hydrogens is 318 g/mol. The highest BCUT2D eigenvalue weighted by Gasteiger charge is 2.17. The third-order valence-corrected chi connectivity index (χ3v) is 4.01. The number of halogens is 1. The van der Waals surface area contributed by atoms with Crippen LogP contribution in [-0.2, 0) is 6.54 Å². The van der Waals surface area contributed by atoms with Crippen LogP contribution in [-0.4, -0.2) is 9.91 Å². The summed E-state index contributed by atoms with van der Waals surface area (Å²) in [5, 5.41) is 18.1. The molecule has 0 bridgehead atoms. The molecule has 0 aliphatic heterocycles. The Morgan fingerprint density at radius 2 is 2.28 bits per heavy atom. The minimum absolute atomic E-state index is 0.0303. The van der Waals surface area contributed by atoms with E-state index < -0.39 is 4.92 Å². The molecule has 2 rings (SSSR count).